The van der Waals surface area contributed by atoms with Gasteiger partial charge in [-0.3, -0.25) is 4.79 Å². The van der Waals surface area contributed by atoms with Crippen LogP contribution in [0.4, 0.5) is 4.79 Å². The van der Waals surface area contributed by atoms with Crippen molar-refractivity contribution in [2.24, 2.45) is 5.92 Å². The zero-order valence-electron chi connectivity index (χ0n) is 12.6. The molecule has 1 aliphatic heterocycles. The summed E-state index contributed by atoms with van der Waals surface area (Å²) in [4.78, 5) is 26.4. The highest BCUT2D eigenvalue weighted by molar-refractivity contribution is 6.04. The number of Topliss-reactive ketones (excluding diaryl/α,β-unsaturated/α-hetero) is 1. The molecule has 0 spiro atoms. The summed E-state index contributed by atoms with van der Waals surface area (Å²) in [5, 5.41) is 0. The van der Waals surface area contributed by atoms with Gasteiger partial charge in [-0.05, 0) is 11.1 Å². The molecule has 0 radical (unpaired) electrons. The standard InChI is InChI=1S/C19H17NO3/c21-18-15-9-5-4-8-14(15)16-10-20(11-17(16)18)19(22)23-12-13-6-2-1-3-7-13/h1-9,16-17H,10-12H2/t16-,17-/m0/s1. The van der Waals surface area contributed by atoms with Gasteiger partial charge in [-0.2, -0.15) is 0 Å². The van der Waals surface area contributed by atoms with Crippen molar-refractivity contribution in [2.45, 2.75) is 12.5 Å². The van der Waals surface area contributed by atoms with Crippen LogP contribution in [0.25, 0.3) is 0 Å². The molecule has 0 N–H and O–H groups in total. The van der Waals surface area contributed by atoms with Crippen LogP contribution in [-0.4, -0.2) is 29.9 Å². The molecular weight excluding hydrogens is 290 g/mol. The third kappa shape index (κ3) is 2.40. The number of carbonyl (C=O) groups excluding carboxylic acids is 2. The van der Waals surface area contributed by atoms with Crippen LogP contribution >= 0.6 is 0 Å². The van der Waals surface area contributed by atoms with Crippen LogP contribution in [0, 0.1) is 5.92 Å². The Morgan fingerprint density at radius 1 is 1.00 bits per heavy atom. The maximum Gasteiger partial charge on any atom is 0.410 e. The molecule has 1 aliphatic carbocycles. The number of benzene rings is 2. The van der Waals surface area contributed by atoms with E-state index in [2.05, 4.69) is 0 Å². The maximum absolute atomic E-state index is 12.4. The number of rotatable bonds is 2. The van der Waals surface area contributed by atoms with Crippen molar-refractivity contribution in [1.82, 2.24) is 4.90 Å². The molecule has 116 valence electrons. The molecule has 1 fully saturated rings. The summed E-state index contributed by atoms with van der Waals surface area (Å²) >= 11 is 0. The molecule has 2 aromatic rings. The third-order valence-electron chi connectivity index (χ3n) is 4.75. The quantitative estimate of drug-likeness (QED) is 0.855. The Hall–Kier alpha value is -2.62. The van der Waals surface area contributed by atoms with Crippen molar-refractivity contribution >= 4 is 11.9 Å². The van der Waals surface area contributed by atoms with Crippen LogP contribution in [0.1, 0.15) is 27.4 Å². The fourth-order valence-corrected chi connectivity index (χ4v) is 3.59. The Labute approximate surface area is 134 Å². The summed E-state index contributed by atoms with van der Waals surface area (Å²) < 4.78 is 5.38. The van der Waals surface area contributed by atoms with Crippen LogP contribution in [0.5, 0.6) is 0 Å². The number of amides is 1. The molecule has 1 saturated heterocycles. The normalized spacial score (nSPS) is 21.9. The molecule has 4 rings (SSSR count). The molecule has 0 bridgehead atoms. The van der Waals surface area contributed by atoms with Gasteiger partial charge >= 0.3 is 6.09 Å². The van der Waals surface area contributed by atoms with Gasteiger partial charge in [0.2, 0.25) is 0 Å². The zero-order valence-corrected chi connectivity index (χ0v) is 12.6. The molecule has 2 atom stereocenters. The van der Waals surface area contributed by atoms with Gasteiger partial charge < -0.3 is 9.64 Å². The maximum atomic E-state index is 12.4. The van der Waals surface area contributed by atoms with E-state index in [1.54, 1.807) is 4.90 Å². The Morgan fingerprint density at radius 2 is 1.70 bits per heavy atom. The topological polar surface area (TPSA) is 46.6 Å². The van der Waals surface area contributed by atoms with Gasteiger partial charge in [-0.15, -0.1) is 0 Å². The average Bonchev–Trinajstić information content (AvgIpc) is 3.14. The molecule has 0 saturated carbocycles. The Bertz CT molecular complexity index is 756. The summed E-state index contributed by atoms with van der Waals surface area (Å²) in [5.74, 6) is 0.156. The van der Waals surface area contributed by atoms with Crippen molar-refractivity contribution in [2.75, 3.05) is 13.1 Å². The number of likely N-dealkylation sites (tertiary alicyclic amines) is 1. The van der Waals surface area contributed by atoms with E-state index in [9.17, 15) is 9.59 Å². The second-order valence-corrected chi connectivity index (χ2v) is 6.11. The molecule has 0 unspecified atom stereocenters. The van der Waals surface area contributed by atoms with Gasteiger partial charge in [0.15, 0.2) is 5.78 Å². The van der Waals surface area contributed by atoms with E-state index in [1.165, 1.54) is 0 Å². The Morgan fingerprint density at radius 3 is 2.52 bits per heavy atom. The lowest BCUT2D eigenvalue weighted by Crippen LogP contribution is -2.30. The second-order valence-electron chi connectivity index (χ2n) is 6.11. The van der Waals surface area contributed by atoms with E-state index >= 15 is 0 Å². The monoisotopic (exact) mass is 307 g/mol. The molecule has 1 heterocycles. The fraction of sp³-hybridized carbons (Fsp3) is 0.263. The third-order valence-corrected chi connectivity index (χ3v) is 4.75. The number of ketones is 1. The van der Waals surface area contributed by atoms with Crippen LogP contribution in [-0.2, 0) is 11.3 Å². The van der Waals surface area contributed by atoms with Crippen molar-refractivity contribution in [3.05, 3.63) is 71.3 Å². The molecular formula is C19H17NO3. The number of nitrogens with zero attached hydrogens (tertiary/aromatic N) is 1. The molecule has 2 aromatic carbocycles. The number of fused-ring (bicyclic) bond motifs is 3. The predicted molar refractivity (Wildman–Crippen MR) is 85.2 cm³/mol. The molecule has 2 aliphatic rings. The van der Waals surface area contributed by atoms with Crippen molar-refractivity contribution in [1.29, 1.82) is 0 Å². The van der Waals surface area contributed by atoms with Crippen molar-refractivity contribution in [3.8, 4) is 0 Å². The van der Waals surface area contributed by atoms with Crippen molar-refractivity contribution in [3.63, 3.8) is 0 Å². The molecule has 4 heteroatoms. The number of carbonyl (C=O) groups is 2. The number of hydrogen-bond acceptors (Lipinski definition) is 3. The van der Waals surface area contributed by atoms with E-state index in [1.807, 2.05) is 54.6 Å². The SMILES string of the molecule is O=C1c2ccccc2[C@@H]2CN(C(=O)OCc3ccccc3)C[C@H]12. The smallest absolute Gasteiger partial charge is 0.410 e. The van der Waals surface area contributed by atoms with Gasteiger partial charge in [0.05, 0.1) is 0 Å². The van der Waals surface area contributed by atoms with Crippen LogP contribution in [0.3, 0.4) is 0 Å². The van der Waals surface area contributed by atoms with E-state index in [0.717, 1.165) is 16.7 Å². The minimum atomic E-state index is -0.339. The summed E-state index contributed by atoms with van der Waals surface area (Å²) in [5.41, 5.74) is 2.85. The van der Waals surface area contributed by atoms with Crippen molar-refractivity contribution < 1.29 is 14.3 Å². The number of hydrogen-bond donors (Lipinski definition) is 0. The fourth-order valence-electron chi connectivity index (χ4n) is 3.59. The lowest BCUT2D eigenvalue weighted by Gasteiger charge is -2.17. The molecule has 4 nitrogen and oxygen atoms in total. The Balaban J connectivity index is 1.43. The van der Waals surface area contributed by atoms with E-state index in [-0.39, 0.29) is 30.3 Å². The number of ether oxygens (including phenoxy) is 1. The average molecular weight is 307 g/mol. The predicted octanol–water partition coefficient (Wildman–Crippen LogP) is 3.24. The van der Waals surface area contributed by atoms with Crippen LogP contribution in [0.2, 0.25) is 0 Å². The lowest BCUT2D eigenvalue weighted by atomic mass is 9.96. The van der Waals surface area contributed by atoms with Crippen LogP contribution in [0.15, 0.2) is 54.6 Å². The highest BCUT2D eigenvalue weighted by Crippen LogP contribution is 2.42. The van der Waals surface area contributed by atoms with Gasteiger partial charge in [-0.1, -0.05) is 54.6 Å². The first-order valence-corrected chi connectivity index (χ1v) is 7.83. The van der Waals surface area contributed by atoms with E-state index in [4.69, 9.17) is 4.74 Å². The summed E-state index contributed by atoms with van der Waals surface area (Å²) in [6.07, 6.45) is -0.339. The minimum Gasteiger partial charge on any atom is -0.445 e. The van der Waals surface area contributed by atoms with Gasteiger partial charge in [-0.25, -0.2) is 4.79 Å². The molecule has 0 aromatic heterocycles. The zero-order chi connectivity index (χ0) is 15.8. The summed E-state index contributed by atoms with van der Waals surface area (Å²) in [6.45, 7) is 1.27. The summed E-state index contributed by atoms with van der Waals surface area (Å²) in [6, 6.07) is 17.3. The van der Waals surface area contributed by atoms with E-state index < -0.39 is 0 Å². The minimum absolute atomic E-state index is 0.114. The Kier molecular flexibility index (Phi) is 3.37. The highest BCUT2D eigenvalue weighted by Gasteiger charge is 2.47. The van der Waals surface area contributed by atoms with Gasteiger partial charge in [0.1, 0.15) is 6.61 Å². The first-order chi connectivity index (χ1) is 11.2. The molecule has 23 heavy (non-hydrogen) atoms. The largest absolute Gasteiger partial charge is 0.445 e. The first kappa shape index (κ1) is 14.0. The second kappa shape index (κ2) is 5.54. The van der Waals surface area contributed by atoms with E-state index in [0.29, 0.717) is 13.1 Å². The summed E-state index contributed by atoms with van der Waals surface area (Å²) in [7, 11) is 0. The van der Waals surface area contributed by atoms with Gasteiger partial charge in [0, 0.05) is 30.5 Å². The highest BCUT2D eigenvalue weighted by atomic mass is 16.6. The van der Waals surface area contributed by atoms with Crippen LogP contribution < -0.4 is 0 Å². The lowest BCUT2D eigenvalue weighted by molar-refractivity contribution is 0.0908. The van der Waals surface area contributed by atoms with Gasteiger partial charge in [0.25, 0.3) is 0 Å². The molecule has 1 amide bonds. The first-order valence-electron chi connectivity index (χ1n) is 7.83.